The standard InChI is InChI=1S/C28H29N3O3S/c1-28(2,3)19-9-10-22-21(13-19)18(16-34-22)12-24(32)31-27-25(20-7-4-8-23(20)35-27)26(33)30-15-17-6-5-11-29-14-17/h5-6,9-11,13-14,16H,4,7-8,12,15H2,1-3H3,(H,30,33)(H,31,32). The zero-order valence-corrected chi connectivity index (χ0v) is 21.1. The molecule has 0 unspecified atom stereocenters. The molecule has 180 valence electrons. The Bertz CT molecular complexity index is 1400. The lowest BCUT2D eigenvalue weighted by atomic mass is 9.86. The van der Waals surface area contributed by atoms with Gasteiger partial charge in [0.2, 0.25) is 5.91 Å². The SMILES string of the molecule is CC(C)(C)c1ccc2occ(CC(=O)Nc3sc4c(c3C(=O)NCc3cccnc3)CCC4)c2c1. The topological polar surface area (TPSA) is 84.2 Å². The number of hydrogen-bond donors (Lipinski definition) is 2. The summed E-state index contributed by atoms with van der Waals surface area (Å²) in [7, 11) is 0. The molecular weight excluding hydrogens is 458 g/mol. The van der Waals surface area contributed by atoms with Crippen LogP contribution in [0.25, 0.3) is 11.0 Å². The summed E-state index contributed by atoms with van der Waals surface area (Å²) in [6.07, 6.45) is 8.13. The van der Waals surface area contributed by atoms with Gasteiger partial charge in [0, 0.05) is 34.8 Å². The molecule has 0 saturated carbocycles. The van der Waals surface area contributed by atoms with Crippen molar-refractivity contribution in [3.63, 3.8) is 0 Å². The molecule has 7 heteroatoms. The minimum Gasteiger partial charge on any atom is -0.464 e. The minimum absolute atomic E-state index is 0.000591. The largest absolute Gasteiger partial charge is 0.464 e. The highest BCUT2D eigenvalue weighted by atomic mass is 32.1. The third-order valence-corrected chi connectivity index (χ3v) is 7.66. The molecule has 0 aliphatic heterocycles. The highest BCUT2D eigenvalue weighted by Crippen LogP contribution is 2.39. The van der Waals surface area contributed by atoms with Crippen molar-refractivity contribution in [2.45, 2.75) is 58.4 Å². The van der Waals surface area contributed by atoms with E-state index in [1.165, 1.54) is 21.8 Å². The van der Waals surface area contributed by atoms with E-state index in [2.05, 4.69) is 48.5 Å². The molecule has 1 aromatic carbocycles. The lowest BCUT2D eigenvalue weighted by Gasteiger charge is -2.18. The predicted molar refractivity (Wildman–Crippen MR) is 139 cm³/mol. The molecule has 0 saturated heterocycles. The van der Waals surface area contributed by atoms with Gasteiger partial charge in [0.25, 0.3) is 5.91 Å². The van der Waals surface area contributed by atoms with Crippen LogP contribution in [-0.4, -0.2) is 16.8 Å². The number of rotatable bonds is 6. The quantitative estimate of drug-likeness (QED) is 0.361. The first-order valence-corrected chi connectivity index (χ1v) is 12.7. The van der Waals surface area contributed by atoms with Crippen LogP contribution in [0.2, 0.25) is 0 Å². The second-order valence-electron chi connectivity index (χ2n) is 10.1. The maximum absolute atomic E-state index is 13.2. The second-order valence-corrected chi connectivity index (χ2v) is 11.2. The minimum atomic E-state index is -0.160. The Morgan fingerprint density at radius 3 is 2.80 bits per heavy atom. The van der Waals surface area contributed by atoms with Crippen LogP contribution in [0.3, 0.4) is 0 Å². The van der Waals surface area contributed by atoms with E-state index >= 15 is 0 Å². The number of pyridine rings is 1. The van der Waals surface area contributed by atoms with Gasteiger partial charge >= 0.3 is 0 Å². The summed E-state index contributed by atoms with van der Waals surface area (Å²) in [4.78, 5) is 31.6. The van der Waals surface area contributed by atoms with Gasteiger partial charge in [-0.15, -0.1) is 11.3 Å². The van der Waals surface area contributed by atoms with Gasteiger partial charge in [-0.1, -0.05) is 32.9 Å². The number of hydrogen-bond acceptors (Lipinski definition) is 5. The first kappa shape index (κ1) is 23.3. The number of nitrogens with zero attached hydrogens (tertiary/aromatic N) is 1. The van der Waals surface area contributed by atoms with E-state index in [0.717, 1.165) is 46.9 Å². The van der Waals surface area contributed by atoms with Crippen molar-refractivity contribution in [3.8, 4) is 0 Å². The number of anilines is 1. The molecule has 1 aliphatic rings. The third-order valence-electron chi connectivity index (χ3n) is 6.45. The number of carbonyl (C=O) groups is 2. The lowest BCUT2D eigenvalue weighted by Crippen LogP contribution is -2.25. The van der Waals surface area contributed by atoms with Gasteiger partial charge in [0.05, 0.1) is 18.2 Å². The summed E-state index contributed by atoms with van der Waals surface area (Å²) < 4.78 is 5.71. The van der Waals surface area contributed by atoms with Crippen LogP contribution >= 0.6 is 11.3 Å². The van der Waals surface area contributed by atoms with E-state index in [9.17, 15) is 9.59 Å². The van der Waals surface area contributed by atoms with Gasteiger partial charge in [-0.3, -0.25) is 14.6 Å². The fraction of sp³-hybridized carbons (Fsp3) is 0.321. The first-order valence-electron chi connectivity index (χ1n) is 11.9. The number of aryl methyl sites for hydroxylation is 1. The molecule has 3 heterocycles. The van der Waals surface area contributed by atoms with E-state index in [1.807, 2.05) is 18.2 Å². The summed E-state index contributed by atoms with van der Waals surface area (Å²) in [5, 5.41) is 7.61. The zero-order valence-electron chi connectivity index (χ0n) is 20.2. The molecule has 0 bridgehead atoms. The second kappa shape index (κ2) is 9.30. The van der Waals surface area contributed by atoms with Crippen molar-refractivity contribution in [1.82, 2.24) is 10.3 Å². The molecule has 2 amide bonds. The number of thiophene rings is 1. The van der Waals surface area contributed by atoms with Crippen molar-refractivity contribution in [2.75, 3.05) is 5.32 Å². The summed E-state index contributed by atoms with van der Waals surface area (Å²) in [5.41, 5.74) is 5.40. The number of benzene rings is 1. The summed E-state index contributed by atoms with van der Waals surface area (Å²) in [6, 6.07) is 9.91. The average molecular weight is 488 g/mol. The number of amides is 2. The number of furan rings is 1. The molecule has 0 fully saturated rings. The molecule has 3 aromatic heterocycles. The number of fused-ring (bicyclic) bond motifs is 2. The lowest BCUT2D eigenvalue weighted by molar-refractivity contribution is -0.115. The highest BCUT2D eigenvalue weighted by Gasteiger charge is 2.27. The van der Waals surface area contributed by atoms with Crippen LogP contribution in [0, 0.1) is 0 Å². The van der Waals surface area contributed by atoms with Crippen LogP contribution in [-0.2, 0) is 36.0 Å². The Kier molecular flexibility index (Phi) is 6.19. The fourth-order valence-electron chi connectivity index (χ4n) is 4.53. The Balaban J connectivity index is 1.35. The highest BCUT2D eigenvalue weighted by molar-refractivity contribution is 7.17. The monoisotopic (exact) mass is 487 g/mol. The van der Waals surface area contributed by atoms with Crippen LogP contribution in [0.5, 0.6) is 0 Å². The summed E-state index contributed by atoms with van der Waals surface area (Å²) >= 11 is 1.52. The van der Waals surface area contributed by atoms with Crippen LogP contribution < -0.4 is 10.6 Å². The maximum atomic E-state index is 13.2. The van der Waals surface area contributed by atoms with Crippen molar-refractivity contribution >= 4 is 39.1 Å². The van der Waals surface area contributed by atoms with Gasteiger partial charge in [0.15, 0.2) is 0 Å². The average Bonchev–Trinajstić information content (AvgIpc) is 3.52. The van der Waals surface area contributed by atoms with Gasteiger partial charge in [-0.05, 0) is 59.6 Å². The van der Waals surface area contributed by atoms with E-state index < -0.39 is 0 Å². The van der Waals surface area contributed by atoms with Gasteiger partial charge in [0.1, 0.15) is 10.6 Å². The Hall–Kier alpha value is -3.45. The molecule has 35 heavy (non-hydrogen) atoms. The van der Waals surface area contributed by atoms with Gasteiger partial charge in [-0.25, -0.2) is 0 Å². The predicted octanol–water partition coefficient (Wildman–Crippen LogP) is 5.79. The molecule has 0 spiro atoms. The van der Waals surface area contributed by atoms with Gasteiger partial charge < -0.3 is 15.1 Å². The molecule has 4 aromatic rings. The van der Waals surface area contributed by atoms with E-state index in [4.69, 9.17) is 4.42 Å². The van der Waals surface area contributed by atoms with E-state index in [0.29, 0.717) is 17.1 Å². The van der Waals surface area contributed by atoms with Crippen molar-refractivity contribution < 1.29 is 14.0 Å². The summed E-state index contributed by atoms with van der Waals surface area (Å²) in [5.74, 6) is -0.317. The van der Waals surface area contributed by atoms with Crippen LogP contribution in [0.15, 0.2) is 53.4 Å². The van der Waals surface area contributed by atoms with E-state index in [1.54, 1.807) is 18.7 Å². The smallest absolute Gasteiger partial charge is 0.254 e. The van der Waals surface area contributed by atoms with E-state index in [-0.39, 0.29) is 23.7 Å². The van der Waals surface area contributed by atoms with Crippen LogP contribution in [0.4, 0.5) is 5.00 Å². The Morgan fingerprint density at radius 1 is 1.17 bits per heavy atom. The molecule has 0 atom stereocenters. The Morgan fingerprint density at radius 2 is 2.03 bits per heavy atom. The maximum Gasteiger partial charge on any atom is 0.254 e. The normalized spacial score (nSPS) is 13.1. The molecule has 2 N–H and O–H groups in total. The molecular formula is C28H29N3O3S. The fourth-order valence-corrected chi connectivity index (χ4v) is 5.84. The van der Waals surface area contributed by atoms with Crippen molar-refractivity contribution in [3.05, 3.63) is 81.7 Å². The summed E-state index contributed by atoms with van der Waals surface area (Å²) in [6.45, 7) is 6.88. The number of aromatic nitrogens is 1. The third kappa shape index (κ3) is 4.86. The van der Waals surface area contributed by atoms with Gasteiger partial charge in [-0.2, -0.15) is 0 Å². The molecule has 6 nitrogen and oxygen atoms in total. The van der Waals surface area contributed by atoms with Crippen molar-refractivity contribution in [2.24, 2.45) is 0 Å². The number of carbonyl (C=O) groups excluding carboxylic acids is 2. The zero-order chi connectivity index (χ0) is 24.6. The molecule has 0 radical (unpaired) electrons. The van der Waals surface area contributed by atoms with Crippen molar-refractivity contribution in [1.29, 1.82) is 0 Å². The number of nitrogens with one attached hydrogen (secondary N) is 2. The Labute approximate surface area is 208 Å². The first-order chi connectivity index (χ1) is 16.8. The van der Waals surface area contributed by atoms with Crippen LogP contribution in [0.1, 0.15) is 64.7 Å². The molecule has 5 rings (SSSR count). The molecule has 1 aliphatic carbocycles.